The van der Waals surface area contributed by atoms with Gasteiger partial charge >= 0.3 is 0 Å². The van der Waals surface area contributed by atoms with Gasteiger partial charge in [-0.15, -0.1) is 0 Å². The van der Waals surface area contributed by atoms with Gasteiger partial charge in [-0.1, -0.05) is 41.9 Å². The Kier molecular flexibility index (Phi) is 6.65. The van der Waals surface area contributed by atoms with Gasteiger partial charge in [0.15, 0.2) is 0 Å². The van der Waals surface area contributed by atoms with Crippen molar-refractivity contribution in [2.45, 2.75) is 6.42 Å². The van der Waals surface area contributed by atoms with E-state index in [9.17, 15) is 9.59 Å². The highest BCUT2D eigenvalue weighted by atomic mass is 35.5. The summed E-state index contributed by atoms with van der Waals surface area (Å²) in [5.74, 6) is 0.869. The number of para-hydroxylation sites is 1. The van der Waals surface area contributed by atoms with E-state index in [0.717, 1.165) is 11.3 Å². The zero-order valence-electron chi connectivity index (χ0n) is 15.0. The van der Waals surface area contributed by atoms with E-state index in [1.807, 2.05) is 30.3 Å². The number of carbonyl (C=O) groups is 2. The van der Waals surface area contributed by atoms with Gasteiger partial charge in [0, 0.05) is 10.7 Å². The molecule has 2 amide bonds. The Morgan fingerprint density at radius 1 is 0.786 bits per heavy atom. The first-order valence-electron chi connectivity index (χ1n) is 8.72. The fourth-order valence-electron chi connectivity index (χ4n) is 2.47. The maximum atomic E-state index is 12.0. The van der Waals surface area contributed by atoms with Crippen LogP contribution in [0.5, 0.6) is 11.5 Å². The first-order chi connectivity index (χ1) is 13.6. The molecule has 0 saturated heterocycles. The van der Waals surface area contributed by atoms with Crippen LogP contribution in [0.15, 0.2) is 78.9 Å². The van der Waals surface area contributed by atoms with Crippen LogP contribution in [0.4, 0.5) is 5.69 Å². The van der Waals surface area contributed by atoms with Crippen molar-refractivity contribution in [2.75, 3.05) is 11.9 Å². The fourth-order valence-corrected chi connectivity index (χ4v) is 2.59. The van der Waals surface area contributed by atoms with Crippen LogP contribution in [0.1, 0.15) is 5.56 Å². The minimum Gasteiger partial charge on any atom is -0.457 e. The molecular weight excluding hydrogens is 376 g/mol. The molecule has 0 atom stereocenters. The molecule has 0 fully saturated rings. The number of hydrogen-bond donors (Lipinski definition) is 2. The lowest BCUT2D eigenvalue weighted by atomic mass is 10.1. The standard InChI is InChI=1S/C22H19ClN2O3/c23-17-8-6-16(7-9-17)14-21(26)24-15-22(27)25-18-10-12-20(13-11-18)28-19-4-2-1-3-5-19/h1-13H,14-15H2,(H,24,26)(H,25,27). The molecule has 0 aliphatic carbocycles. The van der Waals surface area contributed by atoms with E-state index in [0.29, 0.717) is 16.5 Å². The van der Waals surface area contributed by atoms with E-state index in [2.05, 4.69) is 10.6 Å². The summed E-state index contributed by atoms with van der Waals surface area (Å²) in [6.07, 6.45) is 0.190. The number of ether oxygens (including phenoxy) is 1. The summed E-state index contributed by atoms with van der Waals surface area (Å²) in [6.45, 7) is -0.102. The Morgan fingerprint density at radius 3 is 2.11 bits per heavy atom. The molecule has 3 aromatic carbocycles. The molecule has 0 aliphatic heterocycles. The first kappa shape index (κ1) is 19.5. The second-order valence-electron chi connectivity index (χ2n) is 6.07. The molecular formula is C22H19ClN2O3. The van der Waals surface area contributed by atoms with Crippen molar-refractivity contribution < 1.29 is 14.3 Å². The number of nitrogens with one attached hydrogen (secondary N) is 2. The van der Waals surface area contributed by atoms with Crippen molar-refractivity contribution >= 4 is 29.1 Å². The van der Waals surface area contributed by atoms with Crippen molar-refractivity contribution in [1.29, 1.82) is 0 Å². The summed E-state index contributed by atoms with van der Waals surface area (Å²) in [5.41, 5.74) is 1.45. The van der Waals surface area contributed by atoms with Crippen LogP contribution < -0.4 is 15.4 Å². The van der Waals surface area contributed by atoms with Crippen LogP contribution in [0.25, 0.3) is 0 Å². The molecule has 0 spiro atoms. The van der Waals surface area contributed by atoms with Gasteiger partial charge in [-0.2, -0.15) is 0 Å². The predicted molar refractivity (Wildman–Crippen MR) is 110 cm³/mol. The molecule has 142 valence electrons. The molecule has 2 N–H and O–H groups in total. The molecule has 0 radical (unpaired) electrons. The van der Waals surface area contributed by atoms with Gasteiger partial charge in [-0.25, -0.2) is 0 Å². The highest BCUT2D eigenvalue weighted by Crippen LogP contribution is 2.22. The summed E-state index contributed by atoms with van der Waals surface area (Å²) < 4.78 is 5.70. The number of carbonyl (C=O) groups excluding carboxylic acids is 2. The largest absolute Gasteiger partial charge is 0.457 e. The predicted octanol–water partition coefficient (Wildman–Crippen LogP) is 4.43. The minimum atomic E-state index is -0.304. The Bertz CT molecular complexity index is 926. The van der Waals surface area contributed by atoms with Crippen LogP contribution in [0.2, 0.25) is 5.02 Å². The summed E-state index contributed by atoms with van der Waals surface area (Å²) in [7, 11) is 0. The quantitative estimate of drug-likeness (QED) is 0.623. The number of halogens is 1. The van der Waals surface area contributed by atoms with Gasteiger partial charge in [0.1, 0.15) is 11.5 Å². The Morgan fingerprint density at radius 2 is 1.43 bits per heavy atom. The maximum absolute atomic E-state index is 12.0. The zero-order valence-corrected chi connectivity index (χ0v) is 15.8. The summed E-state index contributed by atoms with van der Waals surface area (Å²) in [5, 5.41) is 5.95. The van der Waals surface area contributed by atoms with Crippen LogP contribution in [-0.4, -0.2) is 18.4 Å². The summed E-state index contributed by atoms with van der Waals surface area (Å²) >= 11 is 5.82. The smallest absolute Gasteiger partial charge is 0.243 e. The SMILES string of the molecule is O=C(Cc1ccc(Cl)cc1)NCC(=O)Nc1ccc(Oc2ccccc2)cc1. The fraction of sp³-hybridized carbons (Fsp3) is 0.0909. The van der Waals surface area contributed by atoms with Crippen molar-refractivity contribution in [3.05, 3.63) is 89.4 Å². The zero-order chi connectivity index (χ0) is 19.8. The average Bonchev–Trinajstić information content (AvgIpc) is 2.70. The lowest BCUT2D eigenvalue weighted by molar-refractivity contribution is -0.123. The molecule has 0 unspecified atom stereocenters. The number of amides is 2. The van der Waals surface area contributed by atoms with Crippen LogP contribution in [0, 0.1) is 0 Å². The van der Waals surface area contributed by atoms with E-state index in [4.69, 9.17) is 16.3 Å². The molecule has 5 nitrogen and oxygen atoms in total. The second kappa shape index (κ2) is 9.58. The Balaban J connectivity index is 1.44. The Hall–Kier alpha value is -3.31. The Labute approximate surface area is 168 Å². The lowest BCUT2D eigenvalue weighted by Crippen LogP contribution is -2.33. The highest BCUT2D eigenvalue weighted by Gasteiger charge is 2.07. The van der Waals surface area contributed by atoms with Crippen LogP contribution in [0.3, 0.4) is 0 Å². The van der Waals surface area contributed by atoms with Crippen molar-refractivity contribution in [1.82, 2.24) is 5.32 Å². The number of anilines is 1. The van der Waals surface area contributed by atoms with Crippen molar-refractivity contribution in [2.24, 2.45) is 0 Å². The third-order valence-electron chi connectivity index (χ3n) is 3.84. The molecule has 28 heavy (non-hydrogen) atoms. The van der Waals surface area contributed by atoms with Gasteiger partial charge in [0.25, 0.3) is 0 Å². The third-order valence-corrected chi connectivity index (χ3v) is 4.09. The topological polar surface area (TPSA) is 67.4 Å². The van der Waals surface area contributed by atoms with E-state index in [1.165, 1.54) is 0 Å². The molecule has 0 bridgehead atoms. The molecule has 0 aliphatic rings. The van der Waals surface area contributed by atoms with E-state index in [1.54, 1.807) is 48.5 Å². The van der Waals surface area contributed by atoms with Gasteiger partial charge < -0.3 is 15.4 Å². The average molecular weight is 395 g/mol. The minimum absolute atomic E-state index is 0.102. The van der Waals surface area contributed by atoms with Gasteiger partial charge in [0.05, 0.1) is 13.0 Å². The highest BCUT2D eigenvalue weighted by molar-refractivity contribution is 6.30. The van der Waals surface area contributed by atoms with Crippen LogP contribution >= 0.6 is 11.6 Å². The van der Waals surface area contributed by atoms with Gasteiger partial charge in [0.2, 0.25) is 11.8 Å². The van der Waals surface area contributed by atoms with Crippen molar-refractivity contribution in [3.8, 4) is 11.5 Å². The summed E-state index contributed by atoms with van der Waals surface area (Å²) in [6, 6.07) is 23.5. The number of rotatable bonds is 7. The number of hydrogen-bond acceptors (Lipinski definition) is 3. The monoisotopic (exact) mass is 394 g/mol. The first-order valence-corrected chi connectivity index (χ1v) is 9.10. The molecule has 0 aromatic heterocycles. The summed E-state index contributed by atoms with van der Waals surface area (Å²) in [4.78, 5) is 23.9. The van der Waals surface area contributed by atoms with Crippen LogP contribution in [-0.2, 0) is 16.0 Å². The van der Waals surface area contributed by atoms with Gasteiger partial charge in [-0.05, 0) is 54.1 Å². The molecule has 0 heterocycles. The maximum Gasteiger partial charge on any atom is 0.243 e. The normalized spacial score (nSPS) is 10.2. The number of benzene rings is 3. The second-order valence-corrected chi connectivity index (χ2v) is 6.50. The molecule has 6 heteroatoms. The van der Waals surface area contributed by atoms with Crippen molar-refractivity contribution in [3.63, 3.8) is 0 Å². The van der Waals surface area contributed by atoms with E-state index >= 15 is 0 Å². The molecule has 3 aromatic rings. The molecule has 0 saturated carbocycles. The van der Waals surface area contributed by atoms with E-state index < -0.39 is 0 Å². The van der Waals surface area contributed by atoms with Gasteiger partial charge in [-0.3, -0.25) is 9.59 Å². The molecule has 3 rings (SSSR count). The lowest BCUT2D eigenvalue weighted by Gasteiger charge is -2.09. The van der Waals surface area contributed by atoms with E-state index in [-0.39, 0.29) is 24.8 Å². The third kappa shape index (κ3) is 6.14.